The van der Waals surface area contributed by atoms with Crippen LogP contribution >= 0.6 is 11.8 Å². The molecule has 0 unspecified atom stereocenters. The molecule has 192 valence electrons. The van der Waals surface area contributed by atoms with Gasteiger partial charge in [-0.05, 0) is 73.5 Å². The van der Waals surface area contributed by atoms with Crippen LogP contribution in [0.15, 0.2) is 71.9 Å². The summed E-state index contributed by atoms with van der Waals surface area (Å²) in [6.45, 7) is 3.67. The van der Waals surface area contributed by atoms with Crippen LogP contribution in [0.3, 0.4) is 0 Å². The average molecular weight is 527 g/mol. The molecule has 0 fully saturated rings. The first-order valence-electron chi connectivity index (χ1n) is 11.4. The van der Waals surface area contributed by atoms with E-state index in [-0.39, 0.29) is 24.8 Å². The standard InChI is InChI=1S/C26H24F2N4O4S/c1-3-35-24-14-19(7-12-23(24)36-16-18-5-4-6-21(28)13-18)25(15-31(33)34)37-26-30-29-17(2)32(26)22-10-8-20(27)9-11-22/h4-14,25H,3,15-16H2,1-2H3/t25-/m0/s1. The molecule has 0 radical (unpaired) electrons. The Labute approximate surface area is 216 Å². The lowest BCUT2D eigenvalue weighted by Crippen LogP contribution is -2.12. The number of halogens is 2. The first-order chi connectivity index (χ1) is 17.8. The van der Waals surface area contributed by atoms with E-state index in [1.165, 1.54) is 36.0 Å². The fourth-order valence-electron chi connectivity index (χ4n) is 3.68. The molecule has 3 aromatic carbocycles. The molecule has 1 aromatic heterocycles. The summed E-state index contributed by atoms with van der Waals surface area (Å²) in [4.78, 5) is 11.2. The van der Waals surface area contributed by atoms with Gasteiger partial charge in [0, 0.05) is 10.6 Å². The molecule has 0 aliphatic rings. The van der Waals surface area contributed by atoms with Crippen molar-refractivity contribution < 1.29 is 23.2 Å². The Morgan fingerprint density at radius 3 is 2.49 bits per heavy atom. The van der Waals surface area contributed by atoms with Crippen LogP contribution in [0, 0.1) is 28.7 Å². The summed E-state index contributed by atoms with van der Waals surface area (Å²) < 4.78 is 40.3. The van der Waals surface area contributed by atoms with E-state index in [0.29, 0.717) is 45.9 Å². The van der Waals surface area contributed by atoms with Gasteiger partial charge in [0.2, 0.25) is 6.54 Å². The van der Waals surface area contributed by atoms with Gasteiger partial charge < -0.3 is 9.47 Å². The number of hydrogen-bond donors (Lipinski definition) is 0. The van der Waals surface area contributed by atoms with E-state index in [0.717, 1.165) is 0 Å². The molecule has 0 bridgehead atoms. The minimum atomic E-state index is -0.630. The molecule has 0 aliphatic heterocycles. The van der Waals surface area contributed by atoms with Crippen molar-refractivity contribution in [3.05, 3.63) is 105 Å². The van der Waals surface area contributed by atoms with E-state index in [1.54, 1.807) is 54.0 Å². The number of thioether (sulfide) groups is 1. The Bertz CT molecular complexity index is 1380. The largest absolute Gasteiger partial charge is 0.490 e. The number of rotatable bonds is 11. The lowest BCUT2D eigenvalue weighted by molar-refractivity contribution is -0.479. The van der Waals surface area contributed by atoms with Crippen molar-refractivity contribution in [1.82, 2.24) is 14.8 Å². The minimum Gasteiger partial charge on any atom is -0.490 e. The van der Waals surface area contributed by atoms with Crippen molar-refractivity contribution in [3.8, 4) is 17.2 Å². The van der Waals surface area contributed by atoms with E-state index >= 15 is 0 Å². The topological polar surface area (TPSA) is 92.3 Å². The molecule has 11 heteroatoms. The van der Waals surface area contributed by atoms with Crippen molar-refractivity contribution in [1.29, 1.82) is 0 Å². The summed E-state index contributed by atoms with van der Waals surface area (Å²) in [5.74, 6) is 0.680. The summed E-state index contributed by atoms with van der Waals surface area (Å²) in [7, 11) is 0. The molecule has 0 spiro atoms. The zero-order valence-electron chi connectivity index (χ0n) is 20.1. The molecular formula is C26H24F2N4O4S. The molecular weight excluding hydrogens is 502 g/mol. The Morgan fingerprint density at radius 1 is 1.00 bits per heavy atom. The molecule has 4 aromatic rings. The lowest BCUT2D eigenvalue weighted by atomic mass is 10.1. The van der Waals surface area contributed by atoms with Crippen LogP contribution in [-0.2, 0) is 6.61 Å². The van der Waals surface area contributed by atoms with Gasteiger partial charge in [-0.15, -0.1) is 10.2 Å². The first kappa shape index (κ1) is 26.1. The van der Waals surface area contributed by atoms with Gasteiger partial charge in [-0.1, -0.05) is 30.0 Å². The van der Waals surface area contributed by atoms with Gasteiger partial charge >= 0.3 is 0 Å². The van der Waals surface area contributed by atoms with Gasteiger partial charge in [0.25, 0.3) is 0 Å². The smallest absolute Gasteiger partial charge is 0.220 e. The number of nitrogens with zero attached hydrogens (tertiary/aromatic N) is 4. The maximum absolute atomic E-state index is 13.5. The SMILES string of the molecule is CCOc1cc([C@H](C[N+](=O)[O-])Sc2nnc(C)n2-c2ccc(F)cc2)ccc1OCc1cccc(F)c1. The zero-order valence-corrected chi connectivity index (χ0v) is 21.0. The van der Waals surface area contributed by atoms with Crippen LogP contribution in [0.1, 0.15) is 29.1 Å². The Hall–Kier alpha value is -3.99. The van der Waals surface area contributed by atoms with Crippen molar-refractivity contribution in [3.63, 3.8) is 0 Å². The quantitative estimate of drug-likeness (QED) is 0.136. The monoisotopic (exact) mass is 526 g/mol. The third-order valence-electron chi connectivity index (χ3n) is 5.37. The van der Waals surface area contributed by atoms with Gasteiger partial charge in [0.05, 0.1) is 6.61 Å². The van der Waals surface area contributed by atoms with Crippen LogP contribution in [-0.4, -0.2) is 32.8 Å². The summed E-state index contributed by atoms with van der Waals surface area (Å²) in [6, 6.07) is 17.1. The number of aromatic nitrogens is 3. The molecule has 0 saturated carbocycles. The minimum absolute atomic E-state index is 0.129. The Balaban J connectivity index is 1.62. The van der Waals surface area contributed by atoms with Crippen molar-refractivity contribution in [2.45, 2.75) is 30.9 Å². The summed E-state index contributed by atoms with van der Waals surface area (Å²) in [5, 5.41) is 19.7. The van der Waals surface area contributed by atoms with Crippen molar-refractivity contribution in [2.75, 3.05) is 13.2 Å². The fourth-order valence-corrected chi connectivity index (χ4v) is 4.84. The Kier molecular flexibility index (Phi) is 8.34. The second-order valence-corrected chi connectivity index (χ2v) is 9.19. The van der Waals surface area contributed by atoms with Crippen LogP contribution in [0.4, 0.5) is 8.78 Å². The number of ether oxygens (including phenoxy) is 2. The van der Waals surface area contributed by atoms with Crippen molar-refractivity contribution in [2.24, 2.45) is 0 Å². The molecule has 1 atom stereocenters. The first-order valence-corrected chi connectivity index (χ1v) is 12.3. The third kappa shape index (κ3) is 6.62. The number of benzene rings is 3. The summed E-state index contributed by atoms with van der Waals surface area (Å²) >= 11 is 1.18. The molecule has 4 rings (SSSR count). The van der Waals surface area contributed by atoms with Gasteiger partial charge in [0.15, 0.2) is 16.7 Å². The van der Waals surface area contributed by atoms with Crippen LogP contribution in [0.2, 0.25) is 0 Å². The van der Waals surface area contributed by atoms with Crippen LogP contribution < -0.4 is 9.47 Å². The summed E-state index contributed by atoms with van der Waals surface area (Å²) in [5.41, 5.74) is 1.93. The molecule has 0 aliphatic carbocycles. The molecule has 0 amide bonds. The summed E-state index contributed by atoms with van der Waals surface area (Å²) in [6.07, 6.45) is 0. The van der Waals surface area contributed by atoms with Gasteiger partial charge in [0.1, 0.15) is 29.3 Å². The maximum atomic E-state index is 13.5. The van der Waals surface area contributed by atoms with Crippen LogP contribution in [0.5, 0.6) is 11.5 Å². The molecule has 37 heavy (non-hydrogen) atoms. The molecule has 8 nitrogen and oxygen atoms in total. The zero-order chi connectivity index (χ0) is 26.4. The van der Waals surface area contributed by atoms with Crippen molar-refractivity contribution >= 4 is 11.8 Å². The van der Waals surface area contributed by atoms with E-state index in [4.69, 9.17) is 9.47 Å². The maximum Gasteiger partial charge on any atom is 0.220 e. The normalized spacial score (nSPS) is 11.8. The van der Waals surface area contributed by atoms with Gasteiger partial charge in [-0.25, -0.2) is 8.78 Å². The van der Waals surface area contributed by atoms with E-state index in [1.807, 2.05) is 6.92 Å². The molecule has 0 N–H and O–H groups in total. The third-order valence-corrected chi connectivity index (χ3v) is 6.55. The second kappa shape index (κ2) is 11.8. The second-order valence-electron chi connectivity index (χ2n) is 8.02. The predicted molar refractivity (Wildman–Crippen MR) is 135 cm³/mol. The highest BCUT2D eigenvalue weighted by atomic mass is 32.2. The average Bonchev–Trinajstić information content (AvgIpc) is 3.23. The highest BCUT2D eigenvalue weighted by Crippen LogP contribution is 2.39. The lowest BCUT2D eigenvalue weighted by Gasteiger charge is -2.17. The highest BCUT2D eigenvalue weighted by Gasteiger charge is 2.25. The number of aryl methyl sites for hydroxylation is 1. The van der Waals surface area contributed by atoms with E-state index < -0.39 is 10.2 Å². The molecule has 0 saturated heterocycles. The predicted octanol–water partition coefficient (Wildman–Crippen LogP) is 5.94. The fraction of sp³-hybridized carbons (Fsp3) is 0.231. The van der Waals surface area contributed by atoms with Gasteiger partial charge in [-0.2, -0.15) is 0 Å². The van der Waals surface area contributed by atoms with Crippen LogP contribution in [0.25, 0.3) is 5.69 Å². The Morgan fingerprint density at radius 2 is 1.78 bits per heavy atom. The highest BCUT2D eigenvalue weighted by molar-refractivity contribution is 7.99. The number of hydrogen-bond acceptors (Lipinski definition) is 7. The van der Waals surface area contributed by atoms with Gasteiger partial charge in [-0.3, -0.25) is 14.7 Å². The van der Waals surface area contributed by atoms with E-state index in [9.17, 15) is 18.9 Å². The number of nitro groups is 1. The van der Waals surface area contributed by atoms with E-state index in [2.05, 4.69) is 10.2 Å². The molecule has 1 heterocycles.